The molecule has 6 heteroatoms. The van der Waals surface area contributed by atoms with Crippen LogP contribution in [0.2, 0.25) is 0 Å². The molecule has 8 aromatic rings. The van der Waals surface area contributed by atoms with Gasteiger partial charge in [-0.15, -0.1) is 0 Å². The first kappa shape index (κ1) is 27.7. The molecule has 0 unspecified atom stereocenters. The highest BCUT2D eigenvalue weighted by atomic mass is 14.9. The van der Waals surface area contributed by atoms with Crippen LogP contribution in [0.5, 0.6) is 0 Å². The lowest BCUT2D eigenvalue weighted by atomic mass is 9.91. The summed E-state index contributed by atoms with van der Waals surface area (Å²) in [5, 5.41) is 3.12. The molecule has 0 N–H and O–H groups in total. The predicted molar refractivity (Wildman–Crippen MR) is 186 cm³/mol. The zero-order valence-electron chi connectivity index (χ0n) is 25.8. The van der Waals surface area contributed by atoms with Gasteiger partial charge in [0.05, 0.1) is 27.9 Å². The summed E-state index contributed by atoms with van der Waals surface area (Å²) >= 11 is 0. The van der Waals surface area contributed by atoms with Crippen LogP contribution in [0.25, 0.3) is 78.0 Å². The molecule has 5 heterocycles. The first-order valence-electron chi connectivity index (χ1n) is 15.4. The van der Waals surface area contributed by atoms with Gasteiger partial charge in [0, 0.05) is 45.2 Å². The minimum atomic E-state index is -0.0487. The Hall–Kier alpha value is -5.88. The fraction of sp³-hybridized carbons (Fsp3) is 0.100. The number of benzene rings is 3. The van der Waals surface area contributed by atoms with Gasteiger partial charge in [-0.05, 0) is 53.6 Å². The van der Waals surface area contributed by atoms with Gasteiger partial charge in [-0.3, -0.25) is 9.97 Å². The SMILES string of the molecule is CC(C)(C)c1ccc2ccc3ccc(-c4ccc(-c5cccc6nc(-c7ccccn7)nc(-c7ccccn7)c56)cc4)nc3c2n1. The summed E-state index contributed by atoms with van der Waals surface area (Å²) in [6.45, 7) is 6.56. The van der Waals surface area contributed by atoms with Crippen LogP contribution < -0.4 is 0 Å². The van der Waals surface area contributed by atoms with Crippen LogP contribution in [0.4, 0.5) is 0 Å². The van der Waals surface area contributed by atoms with E-state index in [0.29, 0.717) is 5.82 Å². The molecular weight excluding hydrogens is 564 g/mol. The Bertz CT molecular complexity index is 2380. The van der Waals surface area contributed by atoms with E-state index in [1.54, 1.807) is 12.4 Å². The third-order valence-corrected chi connectivity index (χ3v) is 8.30. The molecule has 0 spiro atoms. The highest BCUT2D eigenvalue weighted by Crippen LogP contribution is 2.36. The number of pyridine rings is 4. The Morgan fingerprint density at radius 2 is 1.13 bits per heavy atom. The summed E-state index contributed by atoms with van der Waals surface area (Å²) in [6, 6.07) is 39.1. The number of rotatable bonds is 4. The fourth-order valence-electron chi connectivity index (χ4n) is 5.89. The molecule has 0 saturated carbocycles. The topological polar surface area (TPSA) is 77.3 Å². The lowest BCUT2D eigenvalue weighted by Gasteiger charge is -2.18. The maximum atomic E-state index is 5.14. The number of fused-ring (bicyclic) bond motifs is 4. The van der Waals surface area contributed by atoms with E-state index in [9.17, 15) is 0 Å². The average Bonchev–Trinajstić information content (AvgIpc) is 3.11. The van der Waals surface area contributed by atoms with Crippen molar-refractivity contribution in [1.82, 2.24) is 29.9 Å². The predicted octanol–water partition coefficient (Wildman–Crippen LogP) is 9.48. The maximum absolute atomic E-state index is 5.14. The van der Waals surface area contributed by atoms with E-state index in [0.717, 1.165) is 77.9 Å². The summed E-state index contributed by atoms with van der Waals surface area (Å²) in [5.41, 5.74) is 10.0. The molecule has 0 saturated heterocycles. The number of hydrogen-bond acceptors (Lipinski definition) is 6. The molecule has 0 aliphatic rings. The van der Waals surface area contributed by atoms with Crippen molar-refractivity contribution in [3.63, 3.8) is 0 Å². The van der Waals surface area contributed by atoms with Crippen LogP contribution in [-0.4, -0.2) is 29.9 Å². The summed E-state index contributed by atoms with van der Waals surface area (Å²) in [5.74, 6) is 0.570. The molecule has 6 nitrogen and oxygen atoms in total. The molecule has 3 aromatic carbocycles. The quantitative estimate of drug-likeness (QED) is 0.189. The number of nitrogens with zero attached hydrogens (tertiary/aromatic N) is 6. The summed E-state index contributed by atoms with van der Waals surface area (Å²) < 4.78 is 0. The van der Waals surface area contributed by atoms with Crippen LogP contribution in [0.3, 0.4) is 0 Å². The van der Waals surface area contributed by atoms with Gasteiger partial charge in [-0.25, -0.2) is 19.9 Å². The number of hydrogen-bond donors (Lipinski definition) is 0. The van der Waals surface area contributed by atoms with Crippen molar-refractivity contribution in [2.75, 3.05) is 0 Å². The molecule has 0 bridgehead atoms. The molecule has 8 rings (SSSR count). The van der Waals surface area contributed by atoms with Crippen molar-refractivity contribution >= 4 is 32.7 Å². The van der Waals surface area contributed by atoms with Gasteiger partial charge < -0.3 is 0 Å². The standard InChI is InChI=1S/C40H30N6/c1-40(2,3)34-22-20-28-18-17-27-19-21-30(43-36(27)37(28)45-34)26-15-13-25(14-16-26)29-9-8-12-31-35(29)38(32-10-4-6-23-41-32)46-39(44-31)33-11-5-7-24-42-33/h4-24H,1-3H3. The molecule has 0 aliphatic carbocycles. The molecule has 5 aromatic heterocycles. The Morgan fingerprint density at radius 1 is 0.478 bits per heavy atom. The van der Waals surface area contributed by atoms with Gasteiger partial charge in [-0.1, -0.05) is 93.6 Å². The third kappa shape index (κ3) is 4.94. The van der Waals surface area contributed by atoms with Crippen molar-refractivity contribution in [2.24, 2.45) is 0 Å². The van der Waals surface area contributed by atoms with Gasteiger partial charge in [0.1, 0.15) is 11.4 Å². The highest BCUT2D eigenvalue weighted by molar-refractivity contribution is 6.05. The van der Waals surface area contributed by atoms with Crippen LogP contribution in [0.15, 0.2) is 128 Å². The van der Waals surface area contributed by atoms with Gasteiger partial charge >= 0.3 is 0 Å². The largest absolute Gasteiger partial charge is 0.255 e. The summed E-state index contributed by atoms with van der Waals surface area (Å²) in [4.78, 5) is 29.3. The Morgan fingerprint density at radius 3 is 1.83 bits per heavy atom. The first-order chi connectivity index (χ1) is 22.4. The third-order valence-electron chi connectivity index (χ3n) is 8.30. The zero-order valence-corrected chi connectivity index (χ0v) is 25.8. The maximum Gasteiger partial charge on any atom is 0.179 e. The average molecular weight is 595 g/mol. The summed E-state index contributed by atoms with van der Waals surface area (Å²) in [7, 11) is 0. The van der Waals surface area contributed by atoms with E-state index in [1.807, 2.05) is 48.5 Å². The first-order valence-corrected chi connectivity index (χ1v) is 15.4. The lowest BCUT2D eigenvalue weighted by Crippen LogP contribution is -2.13. The highest BCUT2D eigenvalue weighted by Gasteiger charge is 2.18. The van der Waals surface area contributed by atoms with E-state index < -0.39 is 0 Å². The normalized spacial score (nSPS) is 11.8. The van der Waals surface area contributed by atoms with Crippen LogP contribution >= 0.6 is 0 Å². The van der Waals surface area contributed by atoms with Gasteiger partial charge in [0.2, 0.25) is 0 Å². The molecule has 0 atom stereocenters. The van der Waals surface area contributed by atoms with Gasteiger partial charge in [-0.2, -0.15) is 0 Å². The van der Waals surface area contributed by atoms with E-state index in [4.69, 9.17) is 19.9 Å². The van der Waals surface area contributed by atoms with Crippen molar-refractivity contribution in [3.05, 3.63) is 133 Å². The van der Waals surface area contributed by atoms with E-state index in [2.05, 4.69) is 97.5 Å². The van der Waals surface area contributed by atoms with E-state index in [-0.39, 0.29) is 5.41 Å². The summed E-state index contributed by atoms with van der Waals surface area (Å²) in [6.07, 6.45) is 3.55. The minimum Gasteiger partial charge on any atom is -0.255 e. The van der Waals surface area contributed by atoms with Crippen LogP contribution in [0.1, 0.15) is 26.5 Å². The van der Waals surface area contributed by atoms with Crippen molar-refractivity contribution in [2.45, 2.75) is 26.2 Å². The minimum absolute atomic E-state index is 0.0487. The Balaban J connectivity index is 1.24. The molecule has 0 radical (unpaired) electrons. The van der Waals surface area contributed by atoms with Crippen molar-refractivity contribution in [3.8, 4) is 45.3 Å². The fourth-order valence-corrected chi connectivity index (χ4v) is 5.89. The monoisotopic (exact) mass is 594 g/mol. The second kappa shape index (κ2) is 10.9. The molecule has 220 valence electrons. The zero-order chi connectivity index (χ0) is 31.3. The second-order valence-electron chi connectivity index (χ2n) is 12.5. The molecule has 0 fully saturated rings. The smallest absolute Gasteiger partial charge is 0.179 e. The second-order valence-corrected chi connectivity index (χ2v) is 12.5. The van der Waals surface area contributed by atoms with E-state index in [1.165, 1.54) is 0 Å². The van der Waals surface area contributed by atoms with Gasteiger partial charge in [0.25, 0.3) is 0 Å². The molecule has 0 aliphatic heterocycles. The molecule has 46 heavy (non-hydrogen) atoms. The van der Waals surface area contributed by atoms with Gasteiger partial charge in [0.15, 0.2) is 5.82 Å². The van der Waals surface area contributed by atoms with Crippen LogP contribution in [-0.2, 0) is 5.41 Å². The van der Waals surface area contributed by atoms with E-state index >= 15 is 0 Å². The lowest BCUT2D eigenvalue weighted by molar-refractivity contribution is 0.571. The Kier molecular flexibility index (Phi) is 6.57. The van der Waals surface area contributed by atoms with Crippen molar-refractivity contribution in [1.29, 1.82) is 0 Å². The molecular formula is C40H30N6. The Labute approximate surface area is 266 Å². The number of aromatic nitrogens is 6. The van der Waals surface area contributed by atoms with Crippen molar-refractivity contribution < 1.29 is 0 Å². The van der Waals surface area contributed by atoms with Crippen LogP contribution in [0, 0.1) is 0 Å². The molecule has 0 amide bonds.